The number of hydrogen-bond donors (Lipinski definition) is 3. The van der Waals surface area contributed by atoms with Gasteiger partial charge >= 0.3 is 0 Å². The fraction of sp³-hybridized carbons (Fsp3) is 0.350. The molecule has 0 bridgehead atoms. The number of ether oxygens (including phenoxy) is 2. The van der Waals surface area contributed by atoms with E-state index in [-0.39, 0.29) is 17.7 Å². The van der Waals surface area contributed by atoms with E-state index in [4.69, 9.17) is 20.6 Å². The summed E-state index contributed by atoms with van der Waals surface area (Å²) in [6.45, 7) is 3.13. The lowest BCUT2D eigenvalue weighted by atomic mass is 9.99. The van der Waals surface area contributed by atoms with Crippen molar-refractivity contribution in [2.45, 2.75) is 25.9 Å². The van der Waals surface area contributed by atoms with Gasteiger partial charge in [0.2, 0.25) is 5.88 Å². The standard InChI is InChI=1S/C20H24N4O3/c1-12-10-16(21)17(20(24-12)27-15-6-8-26-9-7-15)18(22)13-4-3-5-14(11-13)19(25)23-2/h3-5,10-11,15,22H,6-9H2,1-2H3,(H2,21,24)(H,23,25). The molecule has 1 aromatic heterocycles. The van der Waals surface area contributed by atoms with E-state index in [1.807, 2.05) is 6.92 Å². The van der Waals surface area contributed by atoms with E-state index in [2.05, 4.69) is 10.3 Å². The lowest BCUT2D eigenvalue weighted by molar-refractivity contribution is 0.0236. The monoisotopic (exact) mass is 368 g/mol. The number of benzene rings is 1. The van der Waals surface area contributed by atoms with Gasteiger partial charge in [-0.25, -0.2) is 4.98 Å². The number of rotatable bonds is 5. The van der Waals surface area contributed by atoms with Crippen molar-refractivity contribution in [1.82, 2.24) is 10.3 Å². The van der Waals surface area contributed by atoms with Crippen molar-refractivity contribution >= 4 is 17.3 Å². The van der Waals surface area contributed by atoms with Crippen molar-refractivity contribution in [3.8, 4) is 5.88 Å². The van der Waals surface area contributed by atoms with E-state index < -0.39 is 0 Å². The Morgan fingerprint density at radius 2 is 2.00 bits per heavy atom. The van der Waals surface area contributed by atoms with Crippen LogP contribution in [0.25, 0.3) is 0 Å². The number of hydrogen-bond acceptors (Lipinski definition) is 6. The second-order valence-corrected chi connectivity index (χ2v) is 6.50. The van der Waals surface area contributed by atoms with Crippen LogP contribution in [0.15, 0.2) is 30.3 Å². The van der Waals surface area contributed by atoms with Crippen LogP contribution in [-0.4, -0.2) is 43.0 Å². The molecule has 1 amide bonds. The molecule has 27 heavy (non-hydrogen) atoms. The molecule has 4 N–H and O–H groups in total. The summed E-state index contributed by atoms with van der Waals surface area (Å²) < 4.78 is 11.5. The molecule has 7 nitrogen and oxygen atoms in total. The Morgan fingerprint density at radius 1 is 1.30 bits per heavy atom. The molecule has 0 saturated carbocycles. The molecule has 1 fully saturated rings. The number of carbonyl (C=O) groups is 1. The normalized spacial score (nSPS) is 14.6. The van der Waals surface area contributed by atoms with Gasteiger partial charge < -0.3 is 20.5 Å². The highest BCUT2D eigenvalue weighted by Gasteiger charge is 2.22. The summed E-state index contributed by atoms with van der Waals surface area (Å²) in [5, 5.41) is 11.3. The summed E-state index contributed by atoms with van der Waals surface area (Å²) in [5.41, 5.74) is 9.05. The number of aryl methyl sites for hydroxylation is 1. The zero-order valence-electron chi connectivity index (χ0n) is 15.5. The molecule has 142 valence electrons. The van der Waals surface area contributed by atoms with Gasteiger partial charge in [-0.2, -0.15) is 0 Å². The van der Waals surface area contributed by atoms with Gasteiger partial charge in [0.1, 0.15) is 6.10 Å². The van der Waals surface area contributed by atoms with Gasteiger partial charge in [-0.15, -0.1) is 0 Å². The number of anilines is 1. The largest absolute Gasteiger partial charge is 0.474 e. The molecule has 0 spiro atoms. The van der Waals surface area contributed by atoms with Crippen LogP contribution in [0.3, 0.4) is 0 Å². The Balaban J connectivity index is 1.97. The number of nitrogen functional groups attached to an aromatic ring is 1. The van der Waals surface area contributed by atoms with Crippen molar-refractivity contribution in [3.05, 3.63) is 52.7 Å². The lowest BCUT2D eigenvalue weighted by Crippen LogP contribution is -2.27. The van der Waals surface area contributed by atoms with E-state index in [0.29, 0.717) is 41.5 Å². The highest BCUT2D eigenvalue weighted by molar-refractivity contribution is 6.16. The molecule has 7 heteroatoms. The van der Waals surface area contributed by atoms with Crippen LogP contribution in [0.5, 0.6) is 5.88 Å². The number of pyridine rings is 1. The Morgan fingerprint density at radius 3 is 2.70 bits per heavy atom. The van der Waals surface area contributed by atoms with Crippen LogP contribution in [-0.2, 0) is 4.74 Å². The van der Waals surface area contributed by atoms with Gasteiger partial charge in [0, 0.05) is 42.4 Å². The van der Waals surface area contributed by atoms with Crippen molar-refractivity contribution in [2.24, 2.45) is 0 Å². The minimum Gasteiger partial charge on any atom is -0.474 e. The molecule has 1 saturated heterocycles. The first kappa shape index (κ1) is 18.8. The summed E-state index contributed by atoms with van der Waals surface area (Å²) in [6, 6.07) is 8.60. The maximum absolute atomic E-state index is 11.9. The Hall–Kier alpha value is -2.93. The van der Waals surface area contributed by atoms with Crippen LogP contribution in [0.4, 0.5) is 5.69 Å². The fourth-order valence-electron chi connectivity index (χ4n) is 3.06. The van der Waals surface area contributed by atoms with Crippen molar-refractivity contribution in [1.29, 1.82) is 5.41 Å². The zero-order chi connectivity index (χ0) is 19.4. The second kappa shape index (κ2) is 8.18. The van der Waals surface area contributed by atoms with Crippen LogP contribution in [0.1, 0.15) is 40.0 Å². The Bertz CT molecular complexity index is 860. The molecule has 2 heterocycles. The molecule has 1 aromatic carbocycles. The second-order valence-electron chi connectivity index (χ2n) is 6.50. The van der Waals surface area contributed by atoms with Crippen LogP contribution in [0, 0.1) is 12.3 Å². The van der Waals surface area contributed by atoms with Crippen molar-refractivity contribution < 1.29 is 14.3 Å². The molecule has 0 aliphatic carbocycles. The van der Waals surface area contributed by atoms with Crippen LogP contribution >= 0.6 is 0 Å². The average molecular weight is 368 g/mol. The number of nitrogens with zero attached hydrogens (tertiary/aromatic N) is 1. The summed E-state index contributed by atoms with van der Waals surface area (Å²) in [6.07, 6.45) is 1.53. The van der Waals surface area contributed by atoms with E-state index in [1.54, 1.807) is 37.4 Å². The first-order valence-electron chi connectivity index (χ1n) is 8.92. The van der Waals surface area contributed by atoms with E-state index in [9.17, 15) is 4.79 Å². The molecule has 3 rings (SSSR count). The Kier molecular flexibility index (Phi) is 5.71. The van der Waals surface area contributed by atoms with E-state index >= 15 is 0 Å². The van der Waals surface area contributed by atoms with Gasteiger partial charge in [0.25, 0.3) is 5.91 Å². The summed E-state index contributed by atoms with van der Waals surface area (Å²) in [7, 11) is 1.57. The van der Waals surface area contributed by atoms with Crippen LogP contribution in [0.2, 0.25) is 0 Å². The topological polar surface area (TPSA) is 110 Å². The SMILES string of the molecule is CNC(=O)c1cccc(C(=N)c2c(N)cc(C)nc2OC2CCOCC2)c1. The molecule has 2 aromatic rings. The number of amides is 1. The third-order valence-corrected chi connectivity index (χ3v) is 4.48. The van der Waals surface area contributed by atoms with Crippen LogP contribution < -0.4 is 15.8 Å². The van der Waals surface area contributed by atoms with Crippen molar-refractivity contribution in [3.63, 3.8) is 0 Å². The highest BCUT2D eigenvalue weighted by Crippen LogP contribution is 2.29. The summed E-state index contributed by atoms with van der Waals surface area (Å²) in [4.78, 5) is 16.4. The number of carbonyl (C=O) groups excluding carboxylic acids is 1. The molecule has 0 atom stereocenters. The maximum atomic E-state index is 11.9. The molecular formula is C20H24N4O3. The predicted octanol–water partition coefficient (Wildman–Crippen LogP) is 2.31. The van der Waals surface area contributed by atoms with E-state index in [0.717, 1.165) is 18.5 Å². The maximum Gasteiger partial charge on any atom is 0.251 e. The predicted molar refractivity (Wildman–Crippen MR) is 104 cm³/mol. The molecule has 0 radical (unpaired) electrons. The smallest absolute Gasteiger partial charge is 0.251 e. The van der Waals surface area contributed by atoms with Gasteiger partial charge in [-0.1, -0.05) is 12.1 Å². The van der Waals surface area contributed by atoms with Gasteiger partial charge in [0.15, 0.2) is 0 Å². The number of nitrogens with one attached hydrogen (secondary N) is 2. The minimum atomic E-state index is -0.210. The zero-order valence-corrected chi connectivity index (χ0v) is 15.5. The molecule has 1 aliphatic heterocycles. The number of aromatic nitrogens is 1. The summed E-state index contributed by atoms with van der Waals surface area (Å²) >= 11 is 0. The third-order valence-electron chi connectivity index (χ3n) is 4.48. The minimum absolute atomic E-state index is 0.0174. The Labute approximate surface area is 158 Å². The molecular weight excluding hydrogens is 344 g/mol. The first-order chi connectivity index (χ1) is 13.0. The summed E-state index contributed by atoms with van der Waals surface area (Å²) in [5.74, 6) is 0.146. The number of nitrogens with two attached hydrogens (primary N) is 1. The molecule has 0 unspecified atom stereocenters. The van der Waals surface area contributed by atoms with Crippen molar-refractivity contribution in [2.75, 3.05) is 26.0 Å². The fourth-order valence-corrected chi connectivity index (χ4v) is 3.06. The molecule has 1 aliphatic rings. The van der Waals surface area contributed by atoms with Gasteiger partial charge in [-0.05, 0) is 25.1 Å². The van der Waals surface area contributed by atoms with Gasteiger partial charge in [0.05, 0.1) is 24.5 Å². The first-order valence-corrected chi connectivity index (χ1v) is 8.92. The third kappa shape index (κ3) is 4.25. The average Bonchev–Trinajstić information content (AvgIpc) is 2.67. The highest BCUT2D eigenvalue weighted by atomic mass is 16.5. The van der Waals surface area contributed by atoms with E-state index in [1.165, 1.54) is 0 Å². The van der Waals surface area contributed by atoms with Gasteiger partial charge in [-0.3, -0.25) is 10.2 Å². The lowest BCUT2D eigenvalue weighted by Gasteiger charge is -2.24. The quantitative estimate of drug-likeness (QED) is 0.702.